The van der Waals surface area contributed by atoms with E-state index in [1.807, 2.05) is 0 Å². The number of carbonyl (C=O) groups is 1. The van der Waals surface area contributed by atoms with Crippen LogP contribution in [-0.2, 0) is 12.6 Å². The van der Waals surface area contributed by atoms with Crippen LogP contribution in [0.4, 0.5) is 18.9 Å². The Balaban J connectivity index is 1.78. The van der Waals surface area contributed by atoms with Gasteiger partial charge in [-0.2, -0.15) is 13.2 Å². The molecule has 146 valence electrons. The van der Waals surface area contributed by atoms with Crippen molar-refractivity contribution in [3.05, 3.63) is 52.4 Å². The summed E-state index contributed by atoms with van der Waals surface area (Å²) in [6, 6.07) is 5.60. The van der Waals surface area contributed by atoms with Crippen LogP contribution in [-0.4, -0.2) is 22.1 Å². The molecule has 3 aromatic rings. The van der Waals surface area contributed by atoms with Crippen LogP contribution in [0.15, 0.2) is 30.5 Å². The minimum atomic E-state index is -4.61. The maximum atomic E-state index is 13.2. The van der Waals surface area contributed by atoms with Gasteiger partial charge in [0.2, 0.25) is 6.79 Å². The number of ether oxygens (including phenoxy) is 2. The molecule has 0 atom stereocenters. The number of aryl methyl sites for hydroxylation is 1. The maximum absolute atomic E-state index is 13.2. The number of benzene rings is 1. The number of halogens is 4. The largest absolute Gasteiger partial charge is 0.454 e. The summed E-state index contributed by atoms with van der Waals surface area (Å²) in [5, 5.41) is 2.47. The Bertz CT molecular complexity index is 1100. The molecule has 0 saturated carbocycles. The van der Waals surface area contributed by atoms with Crippen LogP contribution in [0.3, 0.4) is 0 Å². The van der Waals surface area contributed by atoms with Gasteiger partial charge in [-0.1, -0.05) is 18.5 Å². The lowest BCUT2D eigenvalue weighted by Gasteiger charge is -2.11. The number of pyridine rings is 1. The lowest BCUT2D eigenvalue weighted by atomic mass is 10.2. The van der Waals surface area contributed by atoms with Crippen molar-refractivity contribution in [1.29, 1.82) is 0 Å². The molecule has 1 aliphatic rings. The molecule has 2 aromatic heterocycles. The van der Waals surface area contributed by atoms with E-state index in [0.29, 0.717) is 29.3 Å². The van der Waals surface area contributed by atoms with Crippen LogP contribution in [0.25, 0.3) is 5.65 Å². The van der Waals surface area contributed by atoms with Crippen LogP contribution in [0, 0.1) is 0 Å². The van der Waals surface area contributed by atoms with Crippen LogP contribution < -0.4 is 14.8 Å². The minimum Gasteiger partial charge on any atom is -0.454 e. The lowest BCUT2D eigenvalue weighted by Crippen LogP contribution is -2.17. The number of aromatic nitrogens is 2. The summed E-state index contributed by atoms with van der Waals surface area (Å²) < 4.78 is 51.1. The molecular formula is C18H13ClF3N3O3. The summed E-state index contributed by atoms with van der Waals surface area (Å²) in [7, 11) is 0. The first-order chi connectivity index (χ1) is 13.3. The fourth-order valence-electron chi connectivity index (χ4n) is 2.96. The molecule has 1 amide bonds. The SMILES string of the molecule is CCc1nc2c(Cl)cc(C(F)(F)F)cn2c1C(=O)Nc1ccc2c(c1)OCO2. The number of anilines is 1. The zero-order chi connectivity index (χ0) is 20.1. The number of rotatable bonds is 3. The minimum absolute atomic E-state index is 0.0110. The third kappa shape index (κ3) is 3.11. The zero-order valence-electron chi connectivity index (χ0n) is 14.4. The molecule has 4 rings (SSSR count). The van der Waals surface area contributed by atoms with Gasteiger partial charge in [-0.25, -0.2) is 4.98 Å². The number of nitrogens with one attached hydrogen (secondary N) is 1. The summed E-state index contributed by atoms with van der Waals surface area (Å²) in [5.74, 6) is 0.399. The molecule has 1 N–H and O–H groups in total. The van der Waals surface area contributed by atoms with E-state index < -0.39 is 17.6 Å². The highest BCUT2D eigenvalue weighted by Crippen LogP contribution is 2.35. The number of nitrogens with zero attached hydrogens (tertiary/aromatic N) is 2. The fourth-order valence-corrected chi connectivity index (χ4v) is 3.21. The lowest BCUT2D eigenvalue weighted by molar-refractivity contribution is -0.137. The topological polar surface area (TPSA) is 64.9 Å². The first-order valence-corrected chi connectivity index (χ1v) is 8.64. The van der Waals surface area contributed by atoms with Crippen molar-refractivity contribution in [3.8, 4) is 11.5 Å². The first-order valence-electron chi connectivity index (χ1n) is 8.26. The normalized spacial score (nSPS) is 13.2. The van der Waals surface area contributed by atoms with E-state index in [9.17, 15) is 18.0 Å². The van der Waals surface area contributed by atoms with Crippen molar-refractivity contribution in [2.24, 2.45) is 0 Å². The van der Waals surface area contributed by atoms with Gasteiger partial charge in [0.25, 0.3) is 5.91 Å². The van der Waals surface area contributed by atoms with E-state index >= 15 is 0 Å². The Labute approximate surface area is 161 Å². The van der Waals surface area contributed by atoms with Gasteiger partial charge in [0, 0.05) is 18.0 Å². The highest BCUT2D eigenvalue weighted by atomic mass is 35.5. The second-order valence-electron chi connectivity index (χ2n) is 6.05. The number of imidazole rings is 1. The Morgan fingerprint density at radius 1 is 1.29 bits per heavy atom. The first kappa shape index (κ1) is 18.4. The average Bonchev–Trinajstić information content (AvgIpc) is 3.24. The van der Waals surface area contributed by atoms with Crippen molar-refractivity contribution in [3.63, 3.8) is 0 Å². The molecular weight excluding hydrogens is 399 g/mol. The average molecular weight is 412 g/mol. The van der Waals surface area contributed by atoms with E-state index in [1.54, 1.807) is 25.1 Å². The van der Waals surface area contributed by atoms with Crippen LogP contribution >= 0.6 is 11.6 Å². The van der Waals surface area contributed by atoms with Crippen molar-refractivity contribution in [2.75, 3.05) is 12.1 Å². The number of amides is 1. The molecule has 0 fully saturated rings. The molecule has 0 saturated heterocycles. The molecule has 3 heterocycles. The summed E-state index contributed by atoms with van der Waals surface area (Å²) in [5.41, 5.74) is -0.156. The molecule has 0 bridgehead atoms. The fraction of sp³-hybridized carbons (Fsp3) is 0.222. The molecule has 0 unspecified atom stereocenters. The maximum Gasteiger partial charge on any atom is 0.417 e. The monoisotopic (exact) mass is 411 g/mol. The summed E-state index contributed by atoms with van der Waals surface area (Å²) in [6.45, 7) is 1.83. The summed E-state index contributed by atoms with van der Waals surface area (Å²) in [6.07, 6.45) is -3.45. The molecule has 0 radical (unpaired) electrons. The van der Waals surface area contributed by atoms with E-state index in [0.717, 1.165) is 16.7 Å². The Hall–Kier alpha value is -2.94. The Morgan fingerprint density at radius 3 is 2.75 bits per heavy atom. The van der Waals surface area contributed by atoms with Crippen molar-refractivity contribution >= 4 is 28.8 Å². The van der Waals surface area contributed by atoms with Crippen molar-refractivity contribution < 1.29 is 27.4 Å². The molecule has 1 aliphatic heterocycles. The van der Waals surface area contributed by atoms with Gasteiger partial charge >= 0.3 is 6.18 Å². The number of carbonyl (C=O) groups excluding carboxylic acids is 1. The molecule has 10 heteroatoms. The van der Waals surface area contributed by atoms with E-state index in [2.05, 4.69) is 10.3 Å². The predicted octanol–water partition coefficient (Wildman–Crippen LogP) is 4.55. The predicted molar refractivity (Wildman–Crippen MR) is 95.1 cm³/mol. The third-order valence-corrected chi connectivity index (χ3v) is 4.53. The van der Waals surface area contributed by atoms with Gasteiger partial charge in [0.1, 0.15) is 5.69 Å². The number of fused-ring (bicyclic) bond motifs is 2. The highest BCUT2D eigenvalue weighted by Gasteiger charge is 2.33. The Kier molecular flexibility index (Phi) is 4.34. The molecule has 6 nitrogen and oxygen atoms in total. The standard InChI is InChI=1S/C18H13ClF3N3O3/c1-2-12-15(17(26)23-10-3-4-13-14(6-10)28-8-27-13)25-7-9(18(20,21)22)5-11(19)16(25)24-12/h3-7H,2,8H2,1H3,(H,23,26). The van der Waals surface area contributed by atoms with E-state index in [4.69, 9.17) is 21.1 Å². The molecule has 28 heavy (non-hydrogen) atoms. The van der Waals surface area contributed by atoms with Gasteiger partial charge < -0.3 is 14.8 Å². The number of hydrogen-bond acceptors (Lipinski definition) is 4. The van der Waals surface area contributed by atoms with Gasteiger partial charge in [-0.05, 0) is 24.6 Å². The second-order valence-corrected chi connectivity index (χ2v) is 6.46. The van der Waals surface area contributed by atoms with Crippen LogP contribution in [0.2, 0.25) is 5.02 Å². The second kappa shape index (κ2) is 6.59. The Morgan fingerprint density at radius 2 is 2.04 bits per heavy atom. The van der Waals surface area contributed by atoms with Gasteiger partial charge in [-0.3, -0.25) is 9.20 Å². The van der Waals surface area contributed by atoms with E-state index in [1.165, 1.54) is 0 Å². The van der Waals surface area contributed by atoms with E-state index in [-0.39, 0.29) is 23.2 Å². The number of hydrogen-bond donors (Lipinski definition) is 1. The van der Waals surface area contributed by atoms with Crippen LogP contribution in [0.5, 0.6) is 11.5 Å². The quantitative estimate of drug-likeness (QED) is 0.686. The number of alkyl halides is 3. The van der Waals surface area contributed by atoms with Gasteiger partial charge in [0.15, 0.2) is 17.1 Å². The van der Waals surface area contributed by atoms with Crippen LogP contribution in [0.1, 0.15) is 28.7 Å². The van der Waals surface area contributed by atoms with Gasteiger partial charge in [-0.15, -0.1) is 0 Å². The zero-order valence-corrected chi connectivity index (χ0v) is 15.2. The highest BCUT2D eigenvalue weighted by molar-refractivity contribution is 6.33. The van der Waals surface area contributed by atoms with Crippen molar-refractivity contribution in [2.45, 2.75) is 19.5 Å². The third-order valence-electron chi connectivity index (χ3n) is 4.26. The summed E-state index contributed by atoms with van der Waals surface area (Å²) >= 11 is 5.99. The van der Waals surface area contributed by atoms with Crippen molar-refractivity contribution in [1.82, 2.24) is 9.38 Å². The van der Waals surface area contributed by atoms with Gasteiger partial charge in [0.05, 0.1) is 16.3 Å². The molecule has 0 spiro atoms. The smallest absolute Gasteiger partial charge is 0.417 e. The summed E-state index contributed by atoms with van der Waals surface area (Å²) in [4.78, 5) is 17.1. The molecule has 0 aliphatic carbocycles. The molecule has 1 aromatic carbocycles.